The maximum absolute atomic E-state index is 13.3. The third-order valence-corrected chi connectivity index (χ3v) is 3.29. The fourth-order valence-corrected chi connectivity index (χ4v) is 1.41. The van der Waals surface area contributed by atoms with Gasteiger partial charge in [0.05, 0.1) is 12.0 Å². The molecule has 1 aromatic rings. The normalized spacial score (nSPS) is 14.3. The van der Waals surface area contributed by atoms with E-state index < -0.39 is 23.1 Å². The monoisotopic (exact) mass is 271 g/mol. The van der Waals surface area contributed by atoms with Gasteiger partial charge in [-0.1, -0.05) is 19.9 Å². The van der Waals surface area contributed by atoms with Crippen molar-refractivity contribution in [3.63, 3.8) is 0 Å². The Labute approximate surface area is 111 Å². The Balaban J connectivity index is 2.62. The number of carbonyl (C=O) groups is 1. The number of benzene rings is 1. The van der Waals surface area contributed by atoms with Gasteiger partial charge in [-0.15, -0.1) is 0 Å². The van der Waals surface area contributed by atoms with Crippen molar-refractivity contribution >= 4 is 5.91 Å². The third-order valence-electron chi connectivity index (χ3n) is 3.29. The Morgan fingerprint density at radius 3 is 2.37 bits per heavy atom. The van der Waals surface area contributed by atoms with Crippen molar-refractivity contribution in [1.29, 1.82) is 0 Å². The molecule has 3 nitrogen and oxygen atoms in total. The van der Waals surface area contributed by atoms with Crippen molar-refractivity contribution in [3.05, 3.63) is 35.4 Å². The molecule has 0 fully saturated rings. The minimum atomic E-state index is -1.05. The van der Waals surface area contributed by atoms with Gasteiger partial charge in [-0.3, -0.25) is 4.79 Å². The zero-order valence-corrected chi connectivity index (χ0v) is 11.3. The summed E-state index contributed by atoms with van der Waals surface area (Å²) in [7, 11) is 0. The van der Waals surface area contributed by atoms with Crippen molar-refractivity contribution in [3.8, 4) is 0 Å². The molecule has 1 rings (SSSR count). The molecule has 1 atom stereocenters. The number of rotatable bonds is 5. The molecule has 0 bridgehead atoms. The van der Waals surface area contributed by atoms with Crippen LogP contribution in [0.5, 0.6) is 0 Å². The molecule has 0 aliphatic rings. The lowest BCUT2D eigenvalue weighted by Gasteiger charge is -2.27. The number of amides is 1. The molecule has 0 aliphatic carbocycles. The molecule has 1 unspecified atom stereocenters. The first-order chi connectivity index (χ1) is 8.74. The first-order valence-corrected chi connectivity index (χ1v) is 6.16. The van der Waals surface area contributed by atoms with Crippen LogP contribution in [0.1, 0.15) is 26.3 Å². The summed E-state index contributed by atoms with van der Waals surface area (Å²) in [6, 6.07) is 3.46. The smallest absolute Gasteiger partial charge is 0.224 e. The highest BCUT2D eigenvalue weighted by Crippen LogP contribution is 2.15. The fourth-order valence-electron chi connectivity index (χ4n) is 1.41. The number of hydrogen-bond donors (Lipinski definition) is 2. The highest BCUT2D eigenvalue weighted by atomic mass is 19.1. The largest absolute Gasteiger partial charge is 0.388 e. The van der Waals surface area contributed by atoms with Gasteiger partial charge in [0, 0.05) is 12.1 Å². The van der Waals surface area contributed by atoms with E-state index in [2.05, 4.69) is 5.32 Å². The highest BCUT2D eigenvalue weighted by molar-refractivity contribution is 5.78. The number of hydrogen-bond acceptors (Lipinski definition) is 2. The molecule has 0 saturated heterocycles. The van der Waals surface area contributed by atoms with E-state index in [1.165, 1.54) is 6.07 Å². The fraction of sp³-hybridized carbons (Fsp3) is 0.500. The van der Waals surface area contributed by atoms with Crippen LogP contribution in [0.4, 0.5) is 8.78 Å². The van der Waals surface area contributed by atoms with E-state index in [-0.39, 0.29) is 24.4 Å². The molecule has 0 spiro atoms. The minimum absolute atomic E-state index is 0.0412. The van der Waals surface area contributed by atoms with Gasteiger partial charge in [0.2, 0.25) is 5.91 Å². The number of nitrogens with one attached hydrogen (secondary N) is 1. The topological polar surface area (TPSA) is 49.3 Å². The van der Waals surface area contributed by atoms with Crippen LogP contribution in [0.3, 0.4) is 0 Å². The second kappa shape index (κ2) is 6.10. The SMILES string of the molecule is CC(C)C(C)(O)CNC(=O)Cc1c(F)cccc1F. The van der Waals surface area contributed by atoms with Crippen LogP contribution in [0.2, 0.25) is 0 Å². The molecule has 5 heteroatoms. The number of aliphatic hydroxyl groups is 1. The van der Waals surface area contributed by atoms with E-state index in [0.717, 1.165) is 12.1 Å². The van der Waals surface area contributed by atoms with Gasteiger partial charge in [0.15, 0.2) is 0 Å². The first-order valence-electron chi connectivity index (χ1n) is 6.16. The second-order valence-corrected chi connectivity index (χ2v) is 5.17. The minimum Gasteiger partial charge on any atom is -0.388 e. The third kappa shape index (κ3) is 4.28. The Morgan fingerprint density at radius 1 is 1.37 bits per heavy atom. The second-order valence-electron chi connectivity index (χ2n) is 5.17. The summed E-state index contributed by atoms with van der Waals surface area (Å²) in [5, 5.41) is 12.4. The first kappa shape index (κ1) is 15.6. The summed E-state index contributed by atoms with van der Waals surface area (Å²) in [6.45, 7) is 5.28. The van der Waals surface area contributed by atoms with Crippen molar-refractivity contribution in [2.75, 3.05) is 6.54 Å². The van der Waals surface area contributed by atoms with Crippen LogP contribution in [0.25, 0.3) is 0 Å². The molecule has 0 aliphatic heterocycles. The number of carbonyl (C=O) groups excluding carboxylic acids is 1. The van der Waals surface area contributed by atoms with Gasteiger partial charge in [-0.05, 0) is 25.0 Å². The maximum Gasteiger partial charge on any atom is 0.224 e. The van der Waals surface area contributed by atoms with E-state index in [4.69, 9.17) is 0 Å². The summed E-state index contributed by atoms with van der Waals surface area (Å²) in [4.78, 5) is 11.6. The van der Waals surface area contributed by atoms with Gasteiger partial charge >= 0.3 is 0 Å². The Morgan fingerprint density at radius 2 is 1.89 bits per heavy atom. The van der Waals surface area contributed by atoms with E-state index >= 15 is 0 Å². The lowest BCUT2D eigenvalue weighted by atomic mass is 9.92. The van der Waals surface area contributed by atoms with Crippen LogP contribution in [0.15, 0.2) is 18.2 Å². The summed E-state index contributed by atoms with van der Waals surface area (Å²) in [5.41, 5.74) is -1.31. The predicted molar refractivity (Wildman–Crippen MR) is 68.5 cm³/mol. The maximum atomic E-state index is 13.3. The van der Waals surface area contributed by atoms with E-state index in [0.29, 0.717) is 0 Å². The van der Waals surface area contributed by atoms with Gasteiger partial charge in [-0.2, -0.15) is 0 Å². The predicted octanol–water partition coefficient (Wildman–Crippen LogP) is 2.03. The van der Waals surface area contributed by atoms with Crippen LogP contribution >= 0.6 is 0 Å². The van der Waals surface area contributed by atoms with Crippen LogP contribution in [-0.2, 0) is 11.2 Å². The molecule has 0 radical (unpaired) electrons. The Bertz CT molecular complexity index is 439. The van der Waals surface area contributed by atoms with E-state index in [1.54, 1.807) is 6.92 Å². The molecule has 0 saturated carbocycles. The Hall–Kier alpha value is -1.49. The lowest BCUT2D eigenvalue weighted by molar-refractivity contribution is -0.122. The van der Waals surface area contributed by atoms with Gasteiger partial charge in [-0.25, -0.2) is 8.78 Å². The molecule has 1 amide bonds. The van der Waals surface area contributed by atoms with E-state index in [1.807, 2.05) is 13.8 Å². The zero-order chi connectivity index (χ0) is 14.6. The molecule has 0 aromatic heterocycles. The summed E-state index contributed by atoms with van der Waals surface area (Å²) in [6.07, 6.45) is -0.382. The van der Waals surface area contributed by atoms with Crippen LogP contribution in [0, 0.1) is 17.6 Å². The molecule has 1 aromatic carbocycles. The molecule has 106 valence electrons. The molecule has 0 heterocycles. The van der Waals surface area contributed by atoms with Crippen LogP contribution in [-0.4, -0.2) is 23.2 Å². The molecular weight excluding hydrogens is 252 g/mol. The summed E-state index contributed by atoms with van der Waals surface area (Å²) in [5.74, 6) is -2.06. The quantitative estimate of drug-likeness (QED) is 0.861. The van der Waals surface area contributed by atoms with Crippen LogP contribution < -0.4 is 5.32 Å². The van der Waals surface area contributed by atoms with E-state index in [9.17, 15) is 18.7 Å². The van der Waals surface area contributed by atoms with Crippen molar-refractivity contribution < 1.29 is 18.7 Å². The molecular formula is C14H19F2NO2. The van der Waals surface area contributed by atoms with Crippen molar-refractivity contribution in [2.24, 2.45) is 5.92 Å². The van der Waals surface area contributed by atoms with Crippen molar-refractivity contribution in [2.45, 2.75) is 32.8 Å². The van der Waals surface area contributed by atoms with Gasteiger partial charge in [0.25, 0.3) is 0 Å². The van der Waals surface area contributed by atoms with Gasteiger partial charge in [0.1, 0.15) is 11.6 Å². The van der Waals surface area contributed by atoms with Crippen molar-refractivity contribution in [1.82, 2.24) is 5.32 Å². The average Bonchev–Trinajstić information content (AvgIpc) is 2.31. The summed E-state index contributed by atoms with van der Waals surface area (Å²) < 4.78 is 26.7. The van der Waals surface area contributed by atoms with Gasteiger partial charge < -0.3 is 10.4 Å². The summed E-state index contributed by atoms with van der Waals surface area (Å²) >= 11 is 0. The zero-order valence-electron chi connectivity index (χ0n) is 11.3. The average molecular weight is 271 g/mol. The highest BCUT2D eigenvalue weighted by Gasteiger charge is 2.25. The number of halogens is 2. The standard InChI is InChI=1S/C14H19F2NO2/c1-9(2)14(3,19)8-17-13(18)7-10-11(15)5-4-6-12(10)16/h4-6,9,19H,7-8H2,1-3H3,(H,17,18). The molecule has 2 N–H and O–H groups in total. The lowest BCUT2D eigenvalue weighted by Crippen LogP contribution is -2.44. The molecule has 19 heavy (non-hydrogen) atoms. The Kier molecular flexibility index (Phi) is 5.00.